The third kappa shape index (κ3) is 5.11. The van der Waals surface area contributed by atoms with Crippen LogP contribution < -0.4 is 4.74 Å². The molecule has 0 amide bonds. The number of ether oxygens (including phenoxy) is 1. The summed E-state index contributed by atoms with van der Waals surface area (Å²) in [5.74, 6) is 1.25. The van der Waals surface area contributed by atoms with Crippen LogP contribution in [0.25, 0.3) is 0 Å². The zero-order chi connectivity index (χ0) is 16.8. The van der Waals surface area contributed by atoms with Crippen molar-refractivity contribution in [3.05, 3.63) is 58.6 Å². The molecule has 0 unspecified atom stereocenters. The summed E-state index contributed by atoms with van der Waals surface area (Å²) in [7, 11) is 0. The molecule has 2 rings (SSSR count). The Morgan fingerprint density at radius 2 is 1.78 bits per heavy atom. The maximum Gasteiger partial charge on any atom is 0.138 e. The van der Waals surface area contributed by atoms with Crippen molar-refractivity contribution in [3.8, 4) is 5.75 Å². The Hall–Kier alpha value is -1.80. The quantitative estimate of drug-likeness (QED) is 0.562. The van der Waals surface area contributed by atoms with Crippen molar-refractivity contribution in [3.63, 3.8) is 0 Å². The molecule has 0 bridgehead atoms. The third-order valence-corrected chi connectivity index (χ3v) is 4.08. The average Bonchev–Trinajstić information content (AvgIpc) is 2.55. The highest BCUT2D eigenvalue weighted by atomic mass is 35.5. The van der Waals surface area contributed by atoms with Crippen molar-refractivity contribution in [1.82, 2.24) is 0 Å². The van der Waals surface area contributed by atoms with Crippen LogP contribution in [0.5, 0.6) is 5.75 Å². The highest BCUT2D eigenvalue weighted by Gasteiger charge is 2.06. The molecule has 3 heteroatoms. The molecule has 122 valence electrons. The zero-order valence-electron chi connectivity index (χ0n) is 14.2. The summed E-state index contributed by atoms with van der Waals surface area (Å²) in [6.45, 7) is 8.49. The predicted octanol–water partition coefficient (Wildman–Crippen LogP) is 6.39. The number of hydrogen-bond donors (Lipinski definition) is 0. The molecule has 0 aliphatic rings. The van der Waals surface area contributed by atoms with Gasteiger partial charge in [0.15, 0.2) is 0 Å². The van der Waals surface area contributed by atoms with Crippen molar-refractivity contribution in [2.24, 2.45) is 4.99 Å². The topological polar surface area (TPSA) is 21.6 Å². The number of aliphatic imine (C=N–C) groups is 1. The van der Waals surface area contributed by atoms with E-state index in [1.165, 1.54) is 5.56 Å². The van der Waals surface area contributed by atoms with Crippen molar-refractivity contribution >= 4 is 23.5 Å². The van der Waals surface area contributed by atoms with Gasteiger partial charge >= 0.3 is 0 Å². The molecule has 2 nitrogen and oxygen atoms in total. The van der Waals surface area contributed by atoms with Gasteiger partial charge in [-0.05, 0) is 60.7 Å². The van der Waals surface area contributed by atoms with Crippen LogP contribution in [0.15, 0.2) is 47.5 Å². The van der Waals surface area contributed by atoms with Crippen molar-refractivity contribution in [2.75, 3.05) is 0 Å². The van der Waals surface area contributed by atoms with E-state index in [2.05, 4.69) is 37.9 Å². The molecule has 0 N–H and O–H groups in total. The minimum atomic E-state index is 0.159. The molecule has 0 radical (unpaired) electrons. The molecule has 1 atom stereocenters. The van der Waals surface area contributed by atoms with Gasteiger partial charge in [-0.2, -0.15) is 0 Å². The van der Waals surface area contributed by atoms with Crippen LogP contribution in [0.2, 0.25) is 5.02 Å². The molecule has 2 aromatic carbocycles. The normalized spacial score (nSPS) is 12.8. The molecular weight excluding hydrogens is 306 g/mol. The van der Waals surface area contributed by atoms with Gasteiger partial charge in [0.25, 0.3) is 0 Å². The molecule has 0 heterocycles. The first-order chi connectivity index (χ1) is 11.0. The summed E-state index contributed by atoms with van der Waals surface area (Å²) >= 11 is 6.28. The van der Waals surface area contributed by atoms with Gasteiger partial charge in [0.2, 0.25) is 0 Å². The molecule has 2 aromatic rings. The fraction of sp³-hybridized carbons (Fsp3) is 0.350. The minimum Gasteiger partial charge on any atom is -0.489 e. The third-order valence-electron chi connectivity index (χ3n) is 3.78. The van der Waals surface area contributed by atoms with E-state index >= 15 is 0 Å². The molecule has 0 spiro atoms. The van der Waals surface area contributed by atoms with Crippen molar-refractivity contribution in [1.29, 1.82) is 0 Å². The molecule has 0 saturated heterocycles. The number of benzene rings is 2. The lowest BCUT2D eigenvalue weighted by Gasteiger charge is -2.13. The fourth-order valence-corrected chi connectivity index (χ4v) is 2.32. The number of rotatable bonds is 6. The van der Waals surface area contributed by atoms with Gasteiger partial charge in [0, 0.05) is 6.21 Å². The Morgan fingerprint density at radius 1 is 1.09 bits per heavy atom. The van der Waals surface area contributed by atoms with E-state index in [4.69, 9.17) is 16.3 Å². The largest absolute Gasteiger partial charge is 0.489 e. The van der Waals surface area contributed by atoms with E-state index in [0.717, 1.165) is 23.4 Å². The molecule has 0 fully saturated rings. The summed E-state index contributed by atoms with van der Waals surface area (Å²) in [6, 6.07) is 14.1. The van der Waals surface area contributed by atoms with Crippen LogP contribution in [-0.2, 0) is 0 Å². The smallest absolute Gasteiger partial charge is 0.138 e. The monoisotopic (exact) mass is 329 g/mol. The number of halogens is 1. The van der Waals surface area contributed by atoms with Gasteiger partial charge in [0.1, 0.15) is 5.75 Å². The van der Waals surface area contributed by atoms with Gasteiger partial charge in [-0.25, -0.2) is 0 Å². The van der Waals surface area contributed by atoms with E-state index in [1.807, 2.05) is 43.5 Å². The summed E-state index contributed by atoms with van der Waals surface area (Å²) in [4.78, 5) is 4.50. The Morgan fingerprint density at radius 3 is 2.35 bits per heavy atom. The second kappa shape index (κ2) is 8.16. The molecule has 0 aliphatic carbocycles. The standard InChI is InChI=1S/C20H24ClNO/c1-5-15(4)23-20-11-6-16(12-19(20)21)13-22-18-9-7-17(8-10-18)14(2)3/h6-15H,5H2,1-4H3/t15-/m0/s1. The maximum atomic E-state index is 6.28. The van der Waals surface area contributed by atoms with E-state index in [0.29, 0.717) is 10.9 Å². The van der Waals surface area contributed by atoms with Gasteiger partial charge in [-0.15, -0.1) is 0 Å². The predicted molar refractivity (Wildman–Crippen MR) is 99.6 cm³/mol. The SMILES string of the molecule is CC[C@H](C)Oc1ccc(C=Nc2ccc(C(C)C)cc2)cc1Cl. The molecule has 23 heavy (non-hydrogen) atoms. The summed E-state index contributed by atoms with van der Waals surface area (Å²) < 4.78 is 5.77. The van der Waals surface area contributed by atoms with E-state index in [-0.39, 0.29) is 6.10 Å². The first-order valence-corrected chi connectivity index (χ1v) is 8.47. The minimum absolute atomic E-state index is 0.159. The fourth-order valence-electron chi connectivity index (χ4n) is 2.09. The first kappa shape index (κ1) is 17.6. The van der Waals surface area contributed by atoms with Crippen LogP contribution >= 0.6 is 11.6 Å². The van der Waals surface area contributed by atoms with Crippen LogP contribution in [0.1, 0.15) is 51.2 Å². The maximum absolute atomic E-state index is 6.28. The van der Waals surface area contributed by atoms with Gasteiger partial charge in [-0.3, -0.25) is 4.99 Å². The van der Waals surface area contributed by atoms with Crippen molar-refractivity contribution in [2.45, 2.75) is 46.1 Å². The molecule has 0 aromatic heterocycles. The molecule has 0 aliphatic heterocycles. The van der Waals surface area contributed by atoms with Gasteiger partial charge < -0.3 is 4.74 Å². The summed E-state index contributed by atoms with van der Waals surface area (Å²) in [6.07, 6.45) is 2.93. The Kier molecular flexibility index (Phi) is 6.23. The number of nitrogens with zero attached hydrogens (tertiary/aromatic N) is 1. The second-order valence-electron chi connectivity index (χ2n) is 6.03. The van der Waals surface area contributed by atoms with E-state index in [9.17, 15) is 0 Å². The van der Waals surface area contributed by atoms with Crippen LogP contribution in [0.3, 0.4) is 0 Å². The highest BCUT2D eigenvalue weighted by Crippen LogP contribution is 2.26. The Balaban J connectivity index is 2.09. The summed E-state index contributed by atoms with van der Waals surface area (Å²) in [5, 5.41) is 0.615. The average molecular weight is 330 g/mol. The van der Waals surface area contributed by atoms with Crippen LogP contribution in [0, 0.1) is 0 Å². The lowest BCUT2D eigenvalue weighted by molar-refractivity contribution is 0.217. The van der Waals surface area contributed by atoms with Gasteiger partial charge in [0.05, 0.1) is 16.8 Å². The molecule has 0 saturated carbocycles. The lowest BCUT2D eigenvalue weighted by atomic mass is 10.0. The van der Waals surface area contributed by atoms with Gasteiger partial charge in [-0.1, -0.05) is 44.5 Å². The zero-order valence-corrected chi connectivity index (χ0v) is 15.0. The van der Waals surface area contributed by atoms with Crippen molar-refractivity contribution < 1.29 is 4.74 Å². The Labute approximate surface area is 144 Å². The second-order valence-corrected chi connectivity index (χ2v) is 6.44. The van der Waals surface area contributed by atoms with E-state index < -0.39 is 0 Å². The van der Waals surface area contributed by atoms with Crippen LogP contribution in [-0.4, -0.2) is 12.3 Å². The highest BCUT2D eigenvalue weighted by molar-refractivity contribution is 6.32. The summed E-state index contributed by atoms with van der Waals surface area (Å²) in [5.41, 5.74) is 3.21. The lowest BCUT2D eigenvalue weighted by Crippen LogP contribution is -2.09. The molecular formula is C20H24ClNO. The Bertz CT molecular complexity index is 662. The first-order valence-electron chi connectivity index (χ1n) is 8.09. The number of hydrogen-bond acceptors (Lipinski definition) is 2. The van der Waals surface area contributed by atoms with Crippen LogP contribution in [0.4, 0.5) is 5.69 Å². The van der Waals surface area contributed by atoms with E-state index in [1.54, 1.807) is 0 Å².